The number of ether oxygens (including phenoxy) is 1. The average Bonchev–Trinajstić information content (AvgIpc) is 2.73. The van der Waals surface area contributed by atoms with Crippen LogP contribution in [0.5, 0.6) is 0 Å². The summed E-state index contributed by atoms with van der Waals surface area (Å²) in [6.07, 6.45) is 2.53. The molecule has 112 valence electrons. The zero-order valence-corrected chi connectivity index (χ0v) is 12.2. The van der Waals surface area contributed by atoms with E-state index in [1.54, 1.807) is 0 Å². The molecule has 0 bridgehead atoms. The van der Waals surface area contributed by atoms with Gasteiger partial charge in [0.25, 0.3) is 5.91 Å². The molecule has 1 fully saturated rings. The van der Waals surface area contributed by atoms with E-state index in [1.165, 1.54) is 4.90 Å². The lowest BCUT2D eigenvalue weighted by Gasteiger charge is -2.33. The van der Waals surface area contributed by atoms with Gasteiger partial charge in [-0.25, -0.2) is 4.79 Å². The van der Waals surface area contributed by atoms with Gasteiger partial charge in [0, 0.05) is 6.61 Å². The van der Waals surface area contributed by atoms with Gasteiger partial charge >= 0.3 is 6.03 Å². The molecule has 0 aromatic heterocycles. The van der Waals surface area contributed by atoms with Crippen molar-refractivity contribution in [3.8, 4) is 0 Å². The molecule has 3 amide bonds. The number of benzene rings is 1. The van der Waals surface area contributed by atoms with Gasteiger partial charge in [0.05, 0.1) is 13.2 Å². The van der Waals surface area contributed by atoms with Crippen LogP contribution in [0.4, 0.5) is 4.79 Å². The van der Waals surface area contributed by atoms with Gasteiger partial charge in [0.2, 0.25) is 0 Å². The first-order valence-corrected chi connectivity index (χ1v) is 7.49. The van der Waals surface area contributed by atoms with Crippen LogP contribution in [0, 0.1) is 0 Å². The first kappa shape index (κ1) is 14.1. The van der Waals surface area contributed by atoms with E-state index in [1.807, 2.05) is 31.2 Å². The number of hydrogen-bond donors (Lipinski definition) is 1. The molecule has 0 saturated carbocycles. The zero-order valence-electron chi connectivity index (χ0n) is 12.2. The lowest BCUT2D eigenvalue weighted by atomic mass is 9.76. The summed E-state index contributed by atoms with van der Waals surface area (Å²) in [5.74, 6) is -0.139. The van der Waals surface area contributed by atoms with Gasteiger partial charge in [0.1, 0.15) is 5.54 Å². The predicted molar refractivity (Wildman–Crippen MR) is 77.8 cm³/mol. The maximum atomic E-state index is 12.8. The van der Waals surface area contributed by atoms with E-state index in [0.29, 0.717) is 26.2 Å². The number of carbonyl (C=O) groups is 2. The van der Waals surface area contributed by atoms with Crippen LogP contribution in [-0.2, 0) is 21.5 Å². The van der Waals surface area contributed by atoms with Crippen LogP contribution in [0.2, 0.25) is 0 Å². The number of amides is 3. The van der Waals surface area contributed by atoms with Crippen molar-refractivity contribution in [2.45, 2.75) is 31.7 Å². The van der Waals surface area contributed by atoms with E-state index in [2.05, 4.69) is 5.32 Å². The number of fused-ring (bicyclic) bond motifs is 2. The minimum Gasteiger partial charge on any atom is -0.380 e. The Bertz CT molecular complexity index is 572. The second kappa shape index (κ2) is 5.48. The van der Waals surface area contributed by atoms with Gasteiger partial charge in [-0.2, -0.15) is 0 Å². The number of hydrogen-bond acceptors (Lipinski definition) is 3. The molecule has 3 rings (SSSR count). The zero-order chi connectivity index (χ0) is 14.9. The smallest absolute Gasteiger partial charge is 0.325 e. The number of nitrogens with zero attached hydrogens (tertiary/aromatic N) is 1. The van der Waals surface area contributed by atoms with Crippen LogP contribution < -0.4 is 5.32 Å². The number of imide groups is 1. The summed E-state index contributed by atoms with van der Waals surface area (Å²) >= 11 is 0. The first-order valence-electron chi connectivity index (χ1n) is 7.49. The molecule has 1 N–H and O–H groups in total. The second-order valence-electron chi connectivity index (χ2n) is 5.50. The van der Waals surface area contributed by atoms with Crippen molar-refractivity contribution in [3.63, 3.8) is 0 Å². The molecular weight excluding hydrogens is 268 g/mol. The molecule has 5 nitrogen and oxygen atoms in total. The van der Waals surface area contributed by atoms with Crippen molar-refractivity contribution in [1.29, 1.82) is 0 Å². The summed E-state index contributed by atoms with van der Waals surface area (Å²) in [6, 6.07) is 7.59. The Hall–Kier alpha value is -1.88. The molecular formula is C16H20N2O3. The van der Waals surface area contributed by atoms with Crippen molar-refractivity contribution in [3.05, 3.63) is 35.4 Å². The van der Waals surface area contributed by atoms with E-state index in [-0.39, 0.29) is 11.9 Å². The maximum absolute atomic E-state index is 12.8. The van der Waals surface area contributed by atoms with Gasteiger partial charge in [-0.15, -0.1) is 0 Å². The molecule has 0 radical (unpaired) electrons. The predicted octanol–water partition coefficient (Wildman–Crippen LogP) is 1.81. The highest BCUT2D eigenvalue weighted by molar-refractivity contribution is 6.07. The maximum Gasteiger partial charge on any atom is 0.325 e. The number of rotatable bonds is 4. The highest BCUT2D eigenvalue weighted by Crippen LogP contribution is 2.39. The Morgan fingerprint density at radius 2 is 2.14 bits per heavy atom. The van der Waals surface area contributed by atoms with Crippen molar-refractivity contribution in [1.82, 2.24) is 10.2 Å². The van der Waals surface area contributed by atoms with Gasteiger partial charge in [-0.1, -0.05) is 24.3 Å². The van der Waals surface area contributed by atoms with E-state index in [4.69, 9.17) is 4.74 Å². The van der Waals surface area contributed by atoms with Gasteiger partial charge in [-0.3, -0.25) is 9.69 Å². The Labute approximate surface area is 124 Å². The summed E-state index contributed by atoms with van der Waals surface area (Å²) in [7, 11) is 0. The summed E-state index contributed by atoms with van der Waals surface area (Å²) < 4.78 is 5.26. The fraction of sp³-hybridized carbons (Fsp3) is 0.500. The summed E-state index contributed by atoms with van der Waals surface area (Å²) in [5, 5.41) is 2.93. The monoisotopic (exact) mass is 288 g/mol. The Balaban J connectivity index is 1.90. The van der Waals surface area contributed by atoms with Crippen LogP contribution in [0.3, 0.4) is 0 Å². The van der Waals surface area contributed by atoms with Crippen molar-refractivity contribution < 1.29 is 14.3 Å². The standard InChI is InChI=1S/C16H20N2O3/c1-2-21-11-10-18-14(19)16(17-15(18)20)9-5-7-12-6-3-4-8-13(12)16/h3-4,6,8H,2,5,7,9-11H2,1H3,(H,17,20). The molecule has 1 aromatic rings. The van der Waals surface area contributed by atoms with E-state index in [9.17, 15) is 9.59 Å². The largest absolute Gasteiger partial charge is 0.380 e. The fourth-order valence-electron chi connectivity index (χ4n) is 3.31. The Morgan fingerprint density at radius 3 is 2.95 bits per heavy atom. The molecule has 1 aromatic carbocycles. The molecule has 1 aliphatic heterocycles. The van der Waals surface area contributed by atoms with E-state index < -0.39 is 5.54 Å². The second-order valence-corrected chi connectivity index (χ2v) is 5.50. The highest BCUT2D eigenvalue weighted by atomic mass is 16.5. The Morgan fingerprint density at radius 1 is 1.33 bits per heavy atom. The van der Waals surface area contributed by atoms with Crippen LogP contribution in [0.1, 0.15) is 30.9 Å². The minimum absolute atomic E-state index is 0.139. The number of carbonyl (C=O) groups excluding carboxylic acids is 2. The summed E-state index contributed by atoms with van der Waals surface area (Å²) in [5.41, 5.74) is 1.25. The highest BCUT2D eigenvalue weighted by Gasteiger charge is 2.53. The van der Waals surface area contributed by atoms with Crippen molar-refractivity contribution in [2.75, 3.05) is 19.8 Å². The quantitative estimate of drug-likeness (QED) is 0.679. The lowest BCUT2D eigenvalue weighted by molar-refractivity contribution is -0.132. The number of aryl methyl sites for hydroxylation is 1. The van der Waals surface area contributed by atoms with Gasteiger partial charge < -0.3 is 10.1 Å². The third-order valence-corrected chi connectivity index (χ3v) is 4.31. The van der Waals surface area contributed by atoms with Crippen molar-refractivity contribution >= 4 is 11.9 Å². The summed E-state index contributed by atoms with van der Waals surface area (Å²) in [6.45, 7) is 3.16. The van der Waals surface area contributed by atoms with Gasteiger partial charge in [-0.05, 0) is 37.3 Å². The van der Waals surface area contributed by atoms with Gasteiger partial charge in [0.15, 0.2) is 0 Å². The molecule has 21 heavy (non-hydrogen) atoms. The number of urea groups is 1. The normalized spacial score (nSPS) is 24.3. The SMILES string of the molecule is CCOCCN1C(=O)NC2(CCCc3ccccc32)C1=O. The molecule has 1 atom stereocenters. The molecule has 1 aliphatic carbocycles. The van der Waals surface area contributed by atoms with E-state index >= 15 is 0 Å². The van der Waals surface area contributed by atoms with Crippen molar-refractivity contribution in [2.24, 2.45) is 0 Å². The average molecular weight is 288 g/mol. The molecule has 1 spiro atoms. The van der Waals surface area contributed by atoms with Crippen LogP contribution >= 0.6 is 0 Å². The molecule has 1 unspecified atom stereocenters. The molecule has 2 aliphatic rings. The van der Waals surface area contributed by atoms with Crippen LogP contribution in [0.15, 0.2) is 24.3 Å². The topological polar surface area (TPSA) is 58.6 Å². The first-order chi connectivity index (χ1) is 10.2. The minimum atomic E-state index is -0.863. The fourth-order valence-corrected chi connectivity index (χ4v) is 3.31. The molecule has 1 saturated heterocycles. The molecule has 5 heteroatoms. The Kier molecular flexibility index (Phi) is 3.68. The molecule has 1 heterocycles. The van der Waals surface area contributed by atoms with Crippen LogP contribution in [-0.4, -0.2) is 36.6 Å². The van der Waals surface area contributed by atoms with E-state index in [0.717, 1.165) is 24.0 Å². The third kappa shape index (κ3) is 2.21. The lowest BCUT2D eigenvalue weighted by Crippen LogP contribution is -2.46. The third-order valence-electron chi connectivity index (χ3n) is 4.31. The summed E-state index contributed by atoms with van der Waals surface area (Å²) in [4.78, 5) is 26.3. The number of nitrogens with one attached hydrogen (secondary N) is 1. The van der Waals surface area contributed by atoms with Crippen LogP contribution in [0.25, 0.3) is 0 Å².